The zero-order valence-corrected chi connectivity index (χ0v) is 20.6. The van der Waals surface area contributed by atoms with Gasteiger partial charge >= 0.3 is 5.97 Å². The monoisotopic (exact) mass is 494 g/mol. The number of nitrogens with zero attached hydrogens (tertiary/aromatic N) is 1. The van der Waals surface area contributed by atoms with Gasteiger partial charge in [0.2, 0.25) is 5.43 Å². The molecule has 34 heavy (non-hydrogen) atoms. The second-order valence-corrected chi connectivity index (χ2v) is 7.92. The minimum absolute atomic E-state index is 0.0100. The van der Waals surface area contributed by atoms with Gasteiger partial charge in [0.15, 0.2) is 17.7 Å². The van der Waals surface area contributed by atoms with Gasteiger partial charge in [0.1, 0.15) is 0 Å². The summed E-state index contributed by atoms with van der Waals surface area (Å²) in [5.41, 5.74) is 0.390. The number of pyridine rings is 1. The molecular formula is C24H31ClN2O7. The molecule has 1 amide bonds. The molecule has 0 aliphatic carbocycles. The minimum Gasteiger partial charge on any atom is -0.487 e. The number of hydrogen-bond acceptors (Lipinski definition) is 7. The molecule has 1 heterocycles. The molecule has 0 saturated carbocycles. The lowest BCUT2D eigenvalue weighted by atomic mass is 10.1. The maximum absolute atomic E-state index is 13.3. The fourth-order valence-corrected chi connectivity index (χ4v) is 3.41. The molecule has 186 valence electrons. The Bertz CT molecular complexity index is 1030. The van der Waals surface area contributed by atoms with E-state index in [1.165, 1.54) is 32.1 Å². The van der Waals surface area contributed by atoms with E-state index in [2.05, 4.69) is 5.32 Å². The fraction of sp³-hybridized carbons (Fsp3) is 0.458. The molecule has 2 rings (SSSR count). The van der Waals surface area contributed by atoms with E-state index in [0.29, 0.717) is 11.4 Å². The summed E-state index contributed by atoms with van der Waals surface area (Å²) < 4.78 is 22.6. The first-order valence-corrected chi connectivity index (χ1v) is 11.3. The van der Waals surface area contributed by atoms with Gasteiger partial charge in [-0.2, -0.15) is 0 Å². The van der Waals surface area contributed by atoms with Crippen molar-refractivity contribution in [3.05, 3.63) is 62.5 Å². The first-order chi connectivity index (χ1) is 16.3. The number of nitrogens with one attached hydrogen (secondary N) is 1. The third-order valence-electron chi connectivity index (χ3n) is 5.05. The molecule has 0 spiro atoms. The Hall–Kier alpha value is -2.88. The summed E-state index contributed by atoms with van der Waals surface area (Å²) in [6, 6.07) is 7.07. The molecule has 0 atom stereocenters. The van der Waals surface area contributed by atoms with Gasteiger partial charge in [-0.3, -0.25) is 14.4 Å². The molecule has 0 saturated heterocycles. The third kappa shape index (κ3) is 7.58. The maximum Gasteiger partial charge on any atom is 0.310 e. The molecule has 10 heteroatoms. The molecule has 0 unspecified atom stereocenters. The van der Waals surface area contributed by atoms with Crippen molar-refractivity contribution < 1.29 is 28.5 Å². The van der Waals surface area contributed by atoms with E-state index in [-0.39, 0.29) is 43.1 Å². The standard InChI is InChI=1S/C24H31ClN2O7/c1-5-6-10-34-23-21(24(30)26-13-16-8-7-9-18(25)11-16)27(15-20(32-3)33-4)14-17(22(23)29)12-19(28)31-2/h7-9,11,14,20H,5-6,10,12-13,15H2,1-4H3,(H,26,30). The van der Waals surface area contributed by atoms with E-state index >= 15 is 0 Å². The smallest absolute Gasteiger partial charge is 0.310 e. The highest BCUT2D eigenvalue weighted by Gasteiger charge is 2.25. The predicted molar refractivity (Wildman–Crippen MR) is 127 cm³/mol. The number of carbonyl (C=O) groups is 2. The van der Waals surface area contributed by atoms with Crippen LogP contribution < -0.4 is 15.5 Å². The van der Waals surface area contributed by atoms with Gasteiger partial charge < -0.3 is 28.8 Å². The van der Waals surface area contributed by atoms with E-state index < -0.39 is 23.6 Å². The van der Waals surface area contributed by atoms with Gasteiger partial charge in [-0.1, -0.05) is 37.1 Å². The molecule has 2 aromatic rings. The summed E-state index contributed by atoms with van der Waals surface area (Å²) in [4.78, 5) is 38.5. The highest BCUT2D eigenvalue weighted by Crippen LogP contribution is 2.19. The number of aromatic nitrogens is 1. The van der Waals surface area contributed by atoms with Crippen LogP contribution in [0.4, 0.5) is 0 Å². The lowest BCUT2D eigenvalue weighted by molar-refractivity contribution is -0.139. The van der Waals surface area contributed by atoms with Crippen LogP contribution in [0.3, 0.4) is 0 Å². The van der Waals surface area contributed by atoms with Gasteiger partial charge in [0.25, 0.3) is 5.91 Å². The van der Waals surface area contributed by atoms with Crippen molar-refractivity contribution in [1.82, 2.24) is 9.88 Å². The highest BCUT2D eigenvalue weighted by atomic mass is 35.5. The average molecular weight is 495 g/mol. The molecule has 1 aromatic heterocycles. The van der Waals surface area contributed by atoms with Crippen LogP contribution in [-0.4, -0.2) is 50.7 Å². The van der Waals surface area contributed by atoms with E-state index in [9.17, 15) is 14.4 Å². The predicted octanol–water partition coefficient (Wildman–Crippen LogP) is 2.95. The number of unbranched alkanes of at least 4 members (excludes halogenated alkanes) is 1. The summed E-state index contributed by atoms with van der Waals surface area (Å²) in [7, 11) is 4.16. The van der Waals surface area contributed by atoms with Crippen molar-refractivity contribution in [1.29, 1.82) is 0 Å². The third-order valence-corrected chi connectivity index (χ3v) is 5.28. The first kappa shape index (κ1) is 27.4. The summed E-state index contributed by atoms with van der Waals surface area (Å²) in [5.74, 6) is -1.25. The molecule has 9 nitrogen and oxygen atoms in total. The molecule has 0 radical (unpaired) electrons. The summed E-state index contributed by atoms with van der Waals surface area (Å²) >= 11 is 6.04. The molecule has 1 aromatic carbocycles. The SMILES string of the molecule is CCCCOc1c(C(=O)NCc2cccc(Cl)c2)n(CC(OC)OC)cc(CC(=O)OC)c1=O. The molecule has 1 N–H and O–H groups in total. The van der Waals surface area contributed by atoms with Crippen LogP contribution in [0.25, 0.3) is 0 Å². The quantitative estimate of drug-likeness (QED) is 0.259. The molecule has 0 bridgehead atoms. The largest absolute Gasteiger partial charge is 0.487 e. The minimum atomic E-state index is -0.712. The van der Waals surface area contributed by atoms with Crippen molar-refractivity contribution >= 4 is 23.5 Å². The van der Waals surface area contributed by atoms with Crippen LogP contribution in [0.1, 0.15) is 41.4 Å². The van der Waals surface area contributed by atoms with Crippen molar-refractivity contribution in [2.75, 3.05) is 27.9 Å². The van der Waals surface area contributed by atoms with Crippen LogP contribution >= 0.6 is 11.6 Å². The fourth-order valence-electron chi connectivity index (χ4n) is 3.20. The van der Waals surface area contributed by atoms with Crippen LogP contribution in [0, 0.1) is 0 Å². The second-order valence-electron chi connectivity index (χ2n) is 7.48. The first-order valence-electron chi connectivity index (χ1n) is 10.9. The van der Waals surface area contributed by atoms with Crippen molar-refractivity contribution in [3.63, 3.8) is 0 Å². The van der Waals surface area contributed by atoms with Crippen LogP contribution in [0.15, 0.2) is 35.3 Å². The zero-order valence-electron chi connectivity index (χ0n) is 19.9. The highest BCUT2D eigenvalue weighted by molar-refractivity contribution is 6.30. The van der Waals surface area contributed by atoms with Crippen LogP contribution in [0.2, 0.25) is 5.02 Å². The normalized spacial score (nSPS) is 10.9. The summed E-state index contributed by atoms with van der Waals surface area (Å²) in [6.45, 7) is 2.48. The summed E-state index contributed by atoms with van der Waals surface area (Å²) in [6.07, 6.45) is 1.97. The Balaban J connectivity index is 2.54. The van der Waals surface area contributed by atoms with Gasteiger partial charge in [-0.25, -0.2) is 0 Å². The Morgan fingerprint density at radius 3 is 2.53 bits per heavy atom. The Morgan fingerprint density at radius 2 is 1.91 bits per heavy atom. The molecule has 0 aliphatic heterocycles. The Morgan fingerprint density at radius 1 is 1.18 bits per heavy atom. The number of benzene rings is 1. The van der Waals surface area contributed by atoms with Crippen LogP contribution in [0.5, 0.6) is 5.75 Å². The number of hydrogen-bond donors (Lipinski definition) is 1. The number of amides is 1. The molecular weight excluding hydrogens is 464 g/mol. The Kier molecular flexibility index (Phi) is 11.1. The number of carbonyl (C=O) groups excluding carboxylic acids is 2. The van der Waals surface area contributed by atoms with Crippen molar-refractivity contribution in [3.8, 4) is 5.75 Å². The lowest BCUT2D eigenvalue weighted by Gasteiger charge is -2.22. The van der Waals surface area contributed by atoms with Crippen molar-refractivity contribution in [2.24, 2.45) is 0 Å². The summed E-state index contributed by atoms with van der Waals surface area (Å²) in [5, 5.41) is 3.35. The average Bonchev–Trinajstić information content (AvgIpc) is 2.83. The second kappa shape index (κ2) is 13.7. The number of rotatable bonds is 13. The van der Waals surface area contributed by atoms with E-state index in [4.69, 9.17) is 30.5 Å². The van der Waals surface area contributed by atoms with E-state index in [0.717, 1.165) is 12.0 Å². The zero-order chi connectivity index (χ0) is 25.1. The van der Waals surface area contributed by atoms with Gasteiger partial charge in [0, 0.05) is 37.5 Å². The molecule has 0 fully saturated rings. The lowest BCUT2D eigenvalue weighted by Crippen LogP contribution is -2.34. The van der Waals surface area contributed by atoms with E-state index in [1.807, 2.05) is 13.0 Å². The topological polar surface area (TPSA) is 105 Å². The number of esters is 1. The Labute approximate surface area is 203 Å². The van der Waals surface area contributed by atoms with E-state index in [1.54, 1.807) is 18.2 Å². The van der Waals surface area contributed by atoms with Gasteiger partial charge in [-0.05, 0) is 24.1 Å². The number of methoxy groups -OCH3 is 3. The number of ether oxygens (including phenoxy) is 4. The van der Waals surface area contributed by atoms with Crippen LogP contribution in [-0.2, 0) is 38.5 Å². The van der Waals surface area contributed by atoms with Gasteiger partial charge in [0.05, 0.1) is 26.7 Å². The number of halogens is 1. The van der Waals surface area contributed by atoms with Gasteiger partial charge in [-0.15, -0.1) is 0 Å². The van der Waals surface area contributed by atoms with Crippen molar-refractivity contribution in [2.45, 2.75) is 45.6 Å². The molecule has 0 aliphatic rings. The maximum atomic E-state index is 13.3.